The van der Waals surface area contributed by atoms with Gasteiger partial charge in [-0.15, -0.1) is 0 Å². The van der Waals surface area contributed by atoms with Gasteiger partial charge in [-0.2, -0.15) is 0 Å². The van der Waals surface area contributed by atoms with E-state index in [4.69, 9.17) is 9.47 Å². The highest BCUT2D eigenvalue weighted by Crippen LogP contribution is 2.32. The number of nitrogens with one attached hydrogen (secondary N) is 2. The van der Waals surface area contributed by atoms with Crippen molar-refractivity contribution in [1.29, 1.82) is 0 Å². The average Bonchev–Trinajstić information content (AvgIpc) is 2.97. The number of rotatable bonds is 9. The number of allylic oxidation sites excluding steroid dienone is 1. The van der Waals surface area contributed by atoms with Gasteiger partial charge in [-0.25, -0.2) is 0 Å². The molecule has 5 atom stereocenters. The number of esters is 1. The number of carbonyl (C=O) groups is 2. The normalized spacial score (nSPS) is 27.0. The topological polar surface area (TPSA) is 76.7 Å². The van der Waals surface area contributed by atoms with Crippen LogP contribution in [0.2, 0.25) is 0 Å². The molecule has 0 spiro atoms. The van der Waals surface area contributed by atoms with Crippen molar-refractivity contribution in [2.75, 3.05) is 13.7 Å². The van der Waals surface area contributed by atoms with Gasteiger partial charge in [-0.1, -0.05) is 25.5 Å². The van der Waals surface area contributed by atoms with Crippen LogP contribution in [0.5, 0.6) is 0 Å². The summed E-state index contributed by atoms with van der Waals surface area (Å²) in [6.07, 6.45) is 6.47. The minimum absolute atomic E-state index is 0.106. The summed E-state index contributed by atoms with van der Waals surface area (Å²) in [6.45, 7) is 9.74. The van der Waals surface area contributed by atoms with Gasteiger partial charge in [0.15, 0.2) is 0 Å². The zero-order chi connectivity index (χ0) is 19.0. The van der Waals surface area contributed by atoms with Crippen LogP contribution in [0.1, 0.15) is 53.9 Å². The Labute approximate surface area is 151 Å². The van der Waals surface area contributed by atoms with Crippen molar-refractivity contribution in [3.63, 3.8) is 0 Å². The molecule has 0 unspecified atom stereocenters. The van der Waals surface area contributed by atoms with Crippen LogP contribution in [0.3, 0.4) is 0 Å². The highest BCUT2D eigenvalue weighted by Gasteiger charge is 2.47. The summed E-state index contributed by atoms with van der Waals surface area (Å²) in [5, 5.41) is 6.46. The molecule has 0 aliphatic carbocycles. The van der Waals surface area contributed by atoms with Crippen molar-refractivity contribution in [2.24, 2.45) is 5.92 Å². The van der Waals surface area contributed by atoms with Crippen LogP contribution in [-0.4, -0.2) is 49.3 Å². The van der Waals surface area contributed by atoms with E-state index in [2.05, 4.69) is 23.6 Å². The Kier molecular flexibility index (Phi) is 8.59. The molecule has 0 saturated carbocycles. The van der Waals surface area contributed by atoms with Crippen molar-refractivity contribution in [2.45, 2.75) is 77.6 Å². The van der Waals surface area contributed by atoms with Crippen LogP contribution in [-0.2, 0) is 19.1 Å². The molecule has 1 fully saturated rings. The standard InChI is InChI=1S/C19H34N2O4/c1-7-10-14-12-15(18(23)25-9-3)21-16(14)17(20-13(4)22)19(5,24-6)11-8-2/h7,10,14-17,21H,8-9,11-12H2,1-6H3,(H,20,22)/b10-7-/t14-,15-,16-,17-,19+/m0/s1. The molecule has 25 heavy (non-hydrogen) atoms. The Balaban J connectivity index is 3.15. The molecule has 1 heterocycles. The summed E-state index contributed by atoms with van der Waals surface area (Å²) < 4.78 is 11.0. The molecule has 1 aliphatic heterocycles. The van der Waals surface area contributed by atoms with E-state index >= 15 is 0 Å². The number of methoxy groups -OCH3 is 1. The molecule has 1 rings (SSSR count). The van der Waals surface area contributed by atoms with Crippen LogP contribution < -0.4 is 10.6 Å². The predicted octanol–water partition coefficient (Wildman–Crippen LogP) is 2.18. The largest absolute Gasteiger partial charge is 0.465 e. The van der Waals surface area contributed by atoms with Gasteiger partial charge < -0.3 is 14.8 Å². The van der Waals surface area contributed by atoms with Gasteiger partial charge in [0.25, 0.3) is 0 Å². The highest BCUT2D eigenvalue weighted by atomic mass is 16.5. The van der Waals surface area contributed by atoms with Crippen molar-refractivity contribution in [3.8, 4) is 0 Å². The van der Waals surface area contributed by atoms with Crippen LogP contribution in [0.4, 0.5) is 0 Å². The molecule has 0 aromatic carbocycles. The lowest BCUT2D eigenvalue weighted by atomic mass is 9.81. The highest BCUT2D eigenvalue weighted by molar-refractivity contribution is 5.76. The summed E-state index contributed by atoms with van der Waals surface area (Å²) in [7, 11) is 1.67. The Hall–Kier alpha value is -1.40. The van der Waals surface area contributed by atoms with Crippen LogP contribution in [0.25, 0.3) is 0 Å². The fourth-order valence-corrected chi connectivity index (χ4v) is 3.76. The zero-order valence-corrected chi connectivity index (χ0v) is 16.4. The molecular weight excluding hydrogens is 320 g/mol. The fourth-order valence-electron chi connectivity index (χ4n) is 3.76. The van der Waals surface area contributed by atoms with Gasteiger partial charge >= 0.3 is 5.97 Å². The van der Waals surface area contributed by atoms with Crippen LogP contribution >= 0.6 is 0 Å². The Morgan fingerprint density at radius 1 is 1.40 bits per heavy atom. The third kappa shape index (κ3) is 5.54. The Bertz CT molecular complexity index is 480. The van der Waals surface area contributed by atoms with Gasteiger partial charge in [0.2, 0.25) is 5.91 Å². The molecule has 0 radical (unpaired) electrons. The van der Waals surface area contributed by atoms with E-state index < -0.39 is 5.60 Å². The first-order valence-corrected chi connectivity index (χ1v) is 9.20. The molecule has 144 valence electrons. The smallest absolute Gasteiger partial charge is 0.323 e. The van der Waals surface area contributed by atoms with Crippen LogP contribution in [0, 0.1) is 5.92 Å². The van der Waals surface area contributed by atoms with Gasteiger partial charge in [0, 0.05) is 20.1 Å². The first kappa shape index (κ1) is 21.6. The maximum absolute atomic E-state index is 12.2. The van der Waals surface area contributed by atoms with Crippen molar-refractivity contribution in [1.82, 2.24) is 10.6 Å². The van der Waals surface area contributed by atoms with E-state index in [0.29, 0.717) is 13.0 Å². The molecule has 6 heteroatoms. The summed E-state index contributed by atoms with van der Waals surface area (Å²) in [5.41, 5.74) is -0.526. The van der Waals surface area contributed by atoms with Gasteiger partial charge in [-0.3, -0.25) is 14.9 Å². The Morgan fingerprint density at radius 2 is 2.08 bits per heavy atom. The maximum atomic E-state index is 12.2. The second-order valence-electron chi connectivity index (χ2n) is 6.87. The number of carbonyl (C=O) groups excluding carboxylic acids is 2. The molecule has 1 saturated heterocycles. The van der Waals surface area contributed by atoms with Crippen molar-refractivity contribution < 1.29 is 19.1 Å². The Morgan fingerprint density at radius 3 is 2.56 bits per heavy atom. The van der Waals surface area contributed by atoms with Crippen LogP contribution in [0.15, 0.2) is 12.2 Å². The summed E-state index contributed by atoms with van der Waals surface area (Å²) in [5.74, 6) is -0.233. The number of amides is 1. The second-order valence-corrected chi connectivity index (χ2v) is 6.87. The van der Waals surface area contributed by atoms with Crippen molar-refractivity contribution in [3.05, 3.63) is 12.2 Å². The zero-order valence-electron chi connectivity index (χ0n) is 16.4. The monoisotopic (exact) mass is 354 g/mol. The predicted molar refractivity (Wildman–Crippen MR) is 98.2 cm³/mol. The van der Waals surface area contributed by atoms with Gasteiger partial charge in [0.05, 0.1) is 18.2 Å². The SMILES string of the molecule is C/C=C\[C@H]1C[C@@H](C(=O)OCC)N[C@@H]1[C@H](NC(C)=O)[C@@](C)(CCC)OC. The lowest BCUT2D eigenvalue weighted by Crippen LogP contribution is -2.62. The van der Waals surface area contributed by atoms with E-state index in [1.54, 1.807) is 14.0 Å². The van der Waals surface area contributed by atoms with E-state index in [1.165, 1.54) is 6.92 Å². The summed E-state index contributed by atoms with van der Waals surface area (Å²) in [6, 6.07) is -0.730. The molecule has 2 N–H and O–H groups in total. The first-order valence-electron chi connectivity index (χ1n) is 9.20. The van der Waals surface area contributed by atoms with E-state index in [0.717, 1.165) is 12.8 Å². The van der Waals surface area contributed by atoms with E-state index in [9.17, 15) is 9.59 Å². The molecule has 0 aromatic heterocycles. The molecule has 0 bridgehead atoms. The average molecular weight is 354 g/mol. The van der Waals surface area contributed by atoms with E-state index in [-0.39, 0.29) is 35.9 Å². The molecule has 0 aromatic rings. The van der Waals surface area contributed by atoms with Gasteiger partial charge in [-0.05, 0) is 39.5 Å². The van der Waals surface area contributed by atoms with Crippen molar-refractivity contribution >= 4 is 11.9 Å². The lowest BCUT2D eigenvalue weighted by molar-refractivity contribution is -0.145. The number of ether oxygens (including phenoxy) is 2. The number of hydrogen-bond acceptors (Lipinski definition) is 5. The minimum Gasteiger partial charge on any atom is -0.465 e. The molecule has 6 nitrogen and oxygen atoms in total. The third-order valence-corrected chi connectivity index (χ3v) is 4.96. The molecule has 1 amide bonds. The molecular formula is C19H34N2O4. The quantitative estimate of drug-likeness (QED) is 0.490. The molecule has 1 aliphatic rings. The lowest BCUT2D eigenvalue weighted by Gasteiger charge is -2.41. The third-order valence-electron chi connectivity index (χ3n) is 4.96. The number of hydrogen-bond donors (Lipinski definition) is 2. The van der Waals surface area contributed by atoms with E-state index in [1.807, 2.05) is 19.9 Å². The summed E-state index contributed by atoms with van der Waals surface area (Å²) in [4.78, 5) is 24.1. The maximum Gasteiger partial charge on any atom is 0.323 e. The fraction of sp³-hybridized carbons (Fsp3) is 0.789. The first-order chi connectivity index (χ1) is 11.8. The minimum atomic E-state index is -0.526. The second kappa shape index (κ2) is 9.92. The van der Waals surface area contributed by atoms with Gasteiger partial charge in [0.1, 0.15) is 6.04 Å². The summed E-state index contributed by atoms with van der Waals surface area (Å²) >= 11 is 0.